The van der Waals surface area contributed by atoms with Crippen LogP contribution in [0.2, 0.25) is 5.02 Å². The fourth-order valence-corrected chi connectivity index (χ4v) is 3.52. The summed E-state index contributed by atoms with van der Waals surface area (Å²) in [6.07, 6.45) is 1.66. The molecule has 0 unspecified atom stereocenters. The summed E-state index contributed by atoms with van der Waals surface area (Å²) in [6, 6.07) is 14.9. The SMILES string of the molecule is O=C(COc1ccc(Cl)c2cccnc12)NCc1ccc(N2CCNC(=O)C2)cc1. The minimum Gasteiger partial charge on any atom is -0.481 e. The molecule has 4 rings (SSSR count). The van der Waals surface area contributed by atoms with Crippen LogP contribution in [0, 0.1) is 0 Å². The molecule has 30 heavy (non-hydrogen) atoms. The standard InChI is InChI=1S/C22H21ClN4O3/c23-18-7-8-19(22-17(18)2-1-9-25-22)30-14-21(29)26-12-15-3-5-16(6-4-15)27-11-10-24-20(28)13-27/h1-9H,10-14H2,(H,24,28)(H,26,29). The molecule has 0 radical (unpaired) electrons. The van der Waals surface area contributed by atoms with Gasteiger partial charge in [0, 0.05) is 36.9 Å². The van der Waals surface area contributed by atoms with Crippen LogP contribution < -0.4 is 20.3 Å². The Morgan fingerprint density at radius 3 is 2.83 bits per heavy atom. The molecule has 2 heterocycles. The predicted molar refractivity (Wildman–Crippen MR) is 116 cm³/mol. The van der Waals surface area contributed by atoms with Crippen molar-refractivity contribution in [3.63, 3.8) is 0 Å². The number of halogens is 1. The van der Waals surface area contributed by atoms with Crippen LogP contribution in [-0.2, 0) is 16.1 Å². The van der Waals surface area contributed by atoms with E-state index < -0.39 is 0 Å². The van der Waals surface area contributed by atoms with Gasteiger partial charge in [-0.1, -0.05) is 23.7 Å². The molecule has 2 aromatic carbocycles. The number of nitrogens with one attached hydrogen (secondary N) is 2. The first kappa shape index (κ1) is 20.0. The minimum atomic E-state index is -0.231. The van der Waals surface area contributed by atoms with Crippen molar-refractivity contribution in [1.82, 2.24) is 15.6 Å². The Kier molecular flexibility index (Phi) is 5.99. The Bertz CT molecular complexity index is 1070. The molecule has 8 heteroatoms. The van der Waals surface area contributed by atoms with Crippen LogP contribution in [0.15, 0.2) is 54.7 Å². The number of carbonyl (C=O) groups is 2. The smallest absolute Gasteiger partial charge is 0.258 e. The molecule has 1 saturated heterocycles. The van der Waals surface area contributed by atoms with Gasteiger partial charge >= 0.3 is 0 Å². The van der Waals surface area contributed by atoms with Crippen molar-refractivity contribution < 1.29 is 14.3 Å². The molecule has 0 spiro atoms. The topological polar surface area (TPSA) is 83.6 Å². The van der Waals surface area contributed by atoms with Gasteiger partial charge in [0.25, 0.3) is 5.91 Å². The van der Waals surface area contributed by atoms with Crippen LogP contribution in [-0.4, -0.2) is 43.0 Å². The van der Waals surface area contributed by atoms with Crippen molar-refractivity contribution in [2.75, 3.05) is 31.1 Å². The Balaban J connectivity index is 1.30. The normalized spacial score (nSPS) is 13.8. The molecule has 0 atom stereocenters. The lowest BCUT2D eigenvalue weighted by Gasteiger charge is -2.28. The number of pyridine rings is 1. The highest BCUT2D eigenvalue weighted by molar-refractivity contribution is 6.35. The summed E-state index contributed by atoms with van der Waals surface area (Å²) < 4.78 is 5.66. The van der Waals surface area contributed by atoms with E-state index in [1.165, 1.54) is 0 Å². The monoisotopic (exact) mass is 424 g/mol. The summed E-state index contributed by atoms with van der Waals surface area (Å²) >= 11 is 6.18. The Morgan fingerprint density at radius 1 is 1.20 bits per heavy atom. The molecule has 1 aliphatic heterocycles. The maximum absolute atomic E-state index is 12.2. The van der Waals surface area contributed by atoms with Crippen LogP contribution in [0.25, 0.3) is 10.9 Å². The number of amides is 2. The van der Waals surface area contributed by atoms with Gasteiger partial charge in [-0.25, -0.2) is 0 Å². The van der Waals surface area contributed by atoms with Crippen LogP contribution in [0.1, 0.15) is 5.56 Å². The molecule has 1 aliphatic rings. The van der Waals surface area contributed by atoms with E-state index in [1.54, 1.807) is 24.4 Å². The zero-order valence-electron chi connectivity index (χ0n) is 16.2. The highest BCUT2D eigenvalue weighted by Crippen LogP contribution is 2.29. The fraction of sp³-hybridized carbons (Fsp3) is 0.227. The number of benzene rings is 2. The zero-order chi connectivity index (χ0) is 20.9. The number of rotatable bonds is 6. The van der Waals surface area contributed by atoms with Crippen molar-refractivity contribution in [3.8, 4) is 5.75 Å². The number of nitrogens with zero attached hydrogens (tertiary/aromatic N) is 2. The molecule has 7 nitrogen and oxygen atoms in total. The maximum atomic E-state index is 12.2. The van der Waals surface area contributed by atoms with Gasteiger partial charge in [0.05, 0.1) is 11.6 Å². The lowest BCUT2D eigenvalue weighted by atomic mass is 10.2. The number of hydrogen-bond donors (Lipinski definition) is 2. The Morgan fingerprint density at radius 2 is 2.03 bits per heavy atom. The second-order valence-corrected chi connectivity index (χ2v) is 7.36. The van der Waals surface area contributed by atoms with Gasteiger partial charge in [-0.3, -0.25) is 14.6 Å². The van der Waals surface area contributed by atoms with E-state index in [2.05, 4.69) is 15.6 Å². The third-order valence-electron chi connectivity index (χ3n) is 4.87. The summed E-state index contributed by atoms with van der Waals surface area (Å²) in [5.74, 6) is 0.312. The molecule has 1 fully saturated rings. The van der Waals surface area contributed by atoms with Gasteiger partial charge in [0.2, 0.25) is 5.91 Å². The highest BCUT2D eigenvalue weighted by atomic mass is 35.5. The zero-order valence-corrected chi connectivity index (χ0v) is 17.0. The van der Waals surface area contributed by atoms with Crippen molar-refractivity contribution in [3.05, 3.63) is 65.3 Å². The van der Waals surface area contributed by atoms with E-state index in [1.807, 2.05) is 35.2 Å². The highest BCUT2D eigenvalue weighted by Gasteiger charge is 2.16. The molecule has 154 valence electrons. The average Bonchev–Trinajstić information content (AvgIpc) is 2.78. The Labute approximate surface area is 179 Å². The fourth-order valence-electron chi connectivity index (χ4n) is 3.31. The molecule has 2 N–H and O–H groups in total. The average molecular weight is 425 g/mol. The van der Waals surface area contributed by atoms with Gasteiger partial charge in [-0.15, -0.1) is 0 Å². The molecule has 0 aliphatic carbocycles. The third-order valence-corrected chi connectivity index (χ3v) is 5.20. The largest absolute Gasteiger partial charge is 0.481 e. The first-order chi connectivity index (χ1) is 14.6. The summed E-state index contributed by atoms with van der Waals surface area (Å²) in [4.78, 5) is 30.1. The maximum Gasteiger partial charge on any atom is 0.258 e. The van der Waals surface area contributed by atoms with Gasteiger partial charge in [-0.2, -0.15) is 0 Å². The van der Waals surface area contributed by atoms with Gasteiger partial charge in [-0.05, 0) is 42.0 Å². The minimum absolute atomic E-state index is 0.0289. The van der Waals surface area contributed by atoms with Crippen molar-refractivity contribution in [2.45, 2.75) is 6.54 Å². The summed E-state index contributed by atoms with van der Waals surface area (Å²) in [7, 11) is 0. The van der Waals surface area contributed by atoms with Crippen LogP contribution >= 0.6 is 11.6 Å². The second-order valence-electron chi connectivity index (χ2n) is 6.95. The van der Waals surface area contributed by atoms with Crippen molar-refractivity contribution in [2.24, 2.45) is 0 Å². The molecule has 0 bridgehead atoms. The van der Waals surface area contributed by atoms with Crippen LogP contribution in [0.3, 0.4) is 0 Å². The van der Waals surface area contributed by atoms with Crippen molar-refractivity contribution >= 4 is 40.0 Å². The summed E-state index contributed by atoms with van der Waals surface area (Å²) in [5.41, 5.74) is 2.58. The lowest BCUT2D eigenvalue weighted by Crippen LogP contribution is -2.47. The number of anilines is 1. The molecule has 0 saturated carbocycles. The summed E-state index contributed by atoms with van der Waals surface area (Å²) in [5, 5.41) is 7.03. The van der Waals surface area contributed by atoms with Gasteiger partial charge in [0.1, 0.15) is 11.3 Å². The molecule has 2 amide bonds. The summed E-state index contributed by atoms with van der Waals surface area (Å²) in [6.45, 7) is 2.07. The molecule has 1 aromatic heterocycles. The lowest BCUT2D eigenvalue weighted by molar-refractivity contribution is -0.123. The third kappa shape index (κ3) is 4.63. The quantitative estimate of drug-likeness (QED) is 0.635. The number of hydrogen-bond acceptors (Lipinski definition) is 5. The number of ether oxygens (including phenoxy) is 1. The molecular weight excluding hydrogens is 404 g/mol. The number of piperazine rings is 1. The van der Waals surface area contributed by atoms with E-state index in [4.69, 9.17) is 16.3 Å². The number of aromatic nitrogens is 1. The van der Waals surface area contributed by atoms with E-state index in [0.717, 1.165) is 23.2 Å². The van der Waals surface area contributed by atoms with Crippen LogP contribution in [0.4, 0.5) is 5.69 Å². The molecular formula is C22H21ClN4O3. The van der Waals surface area contributed by atoms with E-state index >= 15 is 0 Å². The van der Waals surface area contributed by atoms with E-state index in [-0.39, 0.29) is 18.4 Å². The van der Waals surface area contributed by atoms with E-state index in [9.17, 15) is 9.59 Å². The first-order valence-corrected chi connectivity index (χ1v) is 10.0. The van der Waals surface area contributed by atoms with Crippen molar-refractivity contribution in [1.29, 1.82) is 0 Å². The number of carbonyl (C=O) groups excluding carboxylic acids is 2. The van der Waals surface area contributed by atoms with Gasteiger partial charge in [0.15, 0.2) is 6.61 Å². The van der Waals surface area contributed by atoms with Gasteiger partial charge < -0.3 is 20.3 Å². The van der Waals surface area contributed by atoms with Crippen LogP contribution in [0.5, 0.6) is 5.75 Å². The predicted octanol–water partition coefficient (Wildman–Crippen LogP) is 2.52. The molecule has 3 aromatic rings. The Hall–Kier alpha value is -3.32. The van der Waals surface area contributed by atoms with E-state index in [0.29, 0.717) is 35.9 Å². The second kappa shape index (κ2) is 9.00. The number of fused-ring (bicyclic) bond motifs is 1. The first-order valence-electron chi connectivity index (χ1n) is 9.63.